The number of nitrogens with one attached hydrogen (secondary N) is 1. The maximum atomic E-state index is 12.1. The zero-order chi connectivity index (χ0) is 15.3. The van der Waals surface area contributed by atoms with Crippen LogP contribution < -0.4 is 10.5 Å². The summed E-state index contributed by atoms with van der Waals surface area (Å²) < 4.78 is 31.9. The molecule has 0 heterocycles. The summed E-state index contributed by atoms with van der Waals surface area (Å²) in [5, 5.41) is 0. The molecule has 0 aromatic heterocycles. The van der Waals surface area contributed by atoms with Crippen LogP contribution in [-0.4, -0.2) is 15.5 Å². The Kier molecular flexibility index (Phi) is 4.82. The topological polar surface area (TPSA) is 81.4 Å². The largest absolute Gasteiger partial charge is 0.399 e. The minimum Gasteiger partial charge on any atom is -0.399 e. The van der Waals surface area contributed by atoms with Gasteiger partial charge in [0.15, 0.2) is 0 Å². The maximum Gasteiger partial charge on any atom is 0.236 e. The zero-order valence-corrected chi connectivity index (χ0v) is 12.6. The molecule has 0 aliphatic carbocycles. The molecule has 0 amide bonds. The lowest BCUT2D eigenvalue weighted by atomic mass is 10.2. The second-order valence-corrected chi connectivity index (χ2v) is 6.46. The van der Waals surface area contributed by atoms with Gasteiger partial charge in [-0.2, -0.15) is 0 Å². The van der Waals surface area contributed by atoms with Crippen LogP contribution in [0.5, 0.6) is 0 Å². The molecule has 0 aliphatic heterocycles. The van der Waals surface area contributed by atoms with Crippen LogP contribution in [0.15, 0.2) is 48.5 Å². The van der Waals surface area contributed by atoms with Crippen molar-refractivity contribution in [2.24, 2.45) is 0 Å². The average molecular weight is 306 g/mol. The molecule has 0 saturated carbocycles. The van der Waals surface area contributed by atoms with E-state index in [9.17, 15) is 8.42 Å². The van der Waals surface area contributed by atoms with Gasteiger partial charge in [0.2, 0.25) is 10.0 Å². The van der Waals surface area contributed by atoms with Gasteiger partial charge in [0.1, 0.15) is 0 Å². The highest BCUT2D eigenvalue weighted by Crippen LogP contribution is 2.16. The molecule has 0 spiro atoms. The summed E-state index contributed by atoms with van der Waals surface area (Å²) in [6, 6.07) is 13.9. The highest BCUT2D eigenvalue weighted by Gasteiger charge is 2.12. The van der Waals surface area contributed by atoms with Gasteiger partial charge in [-0.3, -0.25) is 4.72 Å². The number of anilines is 2. The molecule has 0 radical (unpaired) electrons. The van der Waals surface area contributed by atoms with Gasteiger partial charge in [-0.05, 0) is 35.4 Å². The molecule has 0 aliphatic rings. The lowest BCUT2D eigenvalue weighted by Gasteiger charge is -2.09. The van der Waals surface area contributed by atoms with Gasteiger partial charge in [0.05, 0.1) is 12.4 Å². The smallest absolute Gasteiger partial charge is 0.236 e. The fraction of sp³-hybridized carbons (Fsp3) is 0.200. The van der Waals surface area contributed by atoms with Crippen molar-refractivity contribution in [2.75, 3.05) is 17.6 Å². The van der Waals surface area contributed by atoms with Gasteiger partial charge in [0, 0.05) is 18.5 Å². The van der Waals surface area contributed by atoms with Crippen LogP contribution in [0.25, 0.3) is 0 Å². The highest BCUT2D eigenvalue weighted by atomic mass is 32.2. The Labute approximate surface area is 124 Å². The van der Waals surface area contributed by atoms with Crippen molar-refractivity contribution in [3.63, 3.8) is 0 Å². The van der Waals surface area contributed by atoms with Crippen molar-refractivity contribution in [1.82, 2.24) is 0 Å². The van der Waals surface area contributed by atoms with Crippen molar-refractivity contribution in [1.29, 1.82) is 0 Å². The lowest BCUT2D eigenvalue weighted by Crippen LogP contribution is -2.15. The molecule has 2 aromatic carbocycles. The lowest BCUT2D eigenvalue weighted by molar-refractivity contribution is 0.185. The van der Waals surface area contributed by atoms with Crippen LogP contribution in [0, 0.1) is 0 Å². The number of nitrogen functional groups attached to an aromatic ring is 1. The van der Waals surface area contributed by atoms with Crippen LogP contribution in [0.4, 0.5) is 11.4 Å². The average Bonchev–Trinajstić information content (AvgIpc) is 2.41. The van der Waals surface area contributed by atoms with E-state index in [1.807, 2.05) is 6.07 Å². The number of hydrogen-bond acceptors (Lipinski definition) is 4. The molecule has 112 valence electrons. The number of benzene rings is 2. The summed E-state index contributed by atoms with van der Waals surface area (Å²) in [6.07, 6.45) is 0. The third-order valence-corrected chi connectivity index (χ3v) is 4.11. The Morgan fingerprint density at radius 2 is 1.81 bits per heavy atom. The predicted molar refractivity (Wildman–Crippen MR) is 84.3 cm³/mol. The first-order valence-corrected chi connectivity index (χ1v) is 8.06. The molecule has 21 heavy (non-hydrogen) atoms. The minimum absolute atomic E-state index is 0.0955. The Morgan fingerprint density at radius 3 is 2.48 bits per heavy atom. The summed E-state index contributed by atoms with van der Waals surface area (Å²) in [5.41, 5.74) is 8.31. The molecule has 0 saturated heterocycles. The van der Waals surface area contributed by atoms with Crippen molar-refractivity contribution in [3.05, 3.63) is 59.7 Å². The zero-order valence-electron chi connectivity index (χ0n) is 11.7. The van der Waals surface area contributed by atoms with Crippen LogP contribution in [0.3, 0.4) is 0 Å². The highest BCUT2D eigenvalue weighted by molar-refractivity contribution is 7.91. The minimum atomic E-state index is -3.46. The second-order valence-electron chi connectivity index (χ2n) is 4.74. The molecule has 5 nitrogen and oxygen atoms in total. The van der Waals surface area contributed by atoms with Gasteiger partial charge in [-0.1, -0.05) is 24.3 Å². The number of sulfonamides is 1. The number of nitrogens with two attached hydrogens (primary N) is 1. The van der Waals surface area contributed by atoms with E-state index in [0.29, 0.717) is 23.5 Å². The van der Waals surface area contributed by atoms with E-state index < -0.39 is 10.0 Å². The molecule has 2 rings (SSSR count). The van der Waals surface area contributed by atoms with Crippen molar-refractivity contribution >= 4 is 21.4 Å². The van der Waals surface area contributed by atoms with Crippen molar-refractivity contribution in [2.45, 2.75) is 12.4 Å². The van der Waals surface area contributed by atoms with E-state index in [1.165, 1.54) is 0 Å². The second kappa shape index (κ2) is 6.60. The predicted octanol–water partition coefficient (Wildman–Crippen LogP) is 2.36. The fourth-order valence-corrected chi connectivity index (χ4v) is 3.13. The van der Waals surface area contributed by atoms with E-state index in [-0.39, 0.29) is 5.75 Å². The summed E-state index contributed by atoms with van der Waals surface area (Å²) in [5.74, 6) is -0.0955. The van der Waals surface area contributed by atoms with Crippen LogP contribution in [0.2, 0.25) is 0 Å². The number of rotatable bonds is 6. The van der Waals surface area contributed by atoms with Crippen LogP contribution >= 0.6 is 0 Å². The fourth-order valence-electron chi connectivity index (χ4n) is 1.94. The number of ether oxygens (including phenoxy) is 1. The normalized spacial score (nSPS) is 11.3. The Hall–Kier alpha value is -2.05. The first kappa shape index (κ1) is 15.3. The molecule has 3 N–H and O–H groups in total. The van der Waals surface area contributed by atoms with Crippen LogP contribution in [0.1, 0.15) is 11.1 Å². The van der Waals surface area contributed by atoms with E-state index in [4.69, 9.17) is 10.5 Å². The number of hydrogen-bond donors (Lipinski definition) is 2. The first-order chi connectivity index (χ1) is 9.98. The number of methoxy groups -OCH3 is 1. The van der Waals surface area contributed by atoms with Crippen molar-refractivity contribution < 1.29 is 13.2 Å². The van der Waals surface area contributed by atoms with Gasteiger partial charge >= 0.3 is 0 Å². The van der Waals surface area contributed by atoms with Gasteiger partial charge < -0.3 is 10.5 Å². The molecule has 0 unspecified atom stereocenters. The molecular weight excluding hydrogens is 288 g/mol. The summed E-state index contributed by atoms with van der Waals surface area (Å²) in [7, 11) is -1.87. The van der Waals surface area contributed by atoms with Gasteiger partial charge in [-0.25, -0.2) is 8.42 Å². The first-order valence-electron chi connectivity index (χ1n) is 6.41. The van der Waals surface area contributed by atoms with E-state index in [0.717, 1.165) is 5.56 Å². The monoisotopic (exact) mass is 306 g/mol. The van der Waals surface area contributed by atoms with Gasteiger partial charge in [0.25, 0.3) is 0 Å². The summed E-state index contributed by atoms with van der Waals surface area (Å²) in [4.78, 5) is 0. The molecule has 0 bridgehead atoms. The SMILES string of the molecule is COCc1cccc(NS(=O)(=O)Cc2ccc(N)cc2)c1. The van der Waals surface area contributed by atoms with Gasteiger partial charge in [-0.15, -0.1) is 0 Å². The quantitative estimate of drug-likeness (QED) is 0.803. The van der Waals surface area contributed by atoms with Crippen LogP contribution in [-0.2, 0) is 27.1 Å². The molecular formula is C15H18N2O3S. The Morgan fingerprint density at radius 1 is 1.10 bits per heavy atom. The maximum absolute atomic E-state index is 12.1. The molecule has 2 aromatic rings. The van der Waals surface area contributed by atoms with E-state index >= 15 is 0 Å². The third-order valence-electron chi connectivity index (χ3n) is 2.85. The summed E-state index contributed by atoms with van der Waals surface area (Å²) >= 11 is 0. The molecule has 6 heteroatoms. The molecule has 0 atom stereocenters. The standard InChI is InChI=1S/C15H18N2O3S/c1-20-10-13-3-2-4-15(9-13)17-21(18,19)11-12-5-7-14(16)8-6-12/h2-9,17H,10-11,16H2,1H3. The summed E-state index contributed by atoms with van der Waals surface area (Å²) in [6.45, 7) is 0.438. The van der Waals surface area contributed by atoms with E-state index in [1.54, 1.807) is 49.6 Å². The van der Waals surface area contributed by atoms with Crippen molar-refractivity contribution in [3.8, 4) is 0 Å². The van der Waals surface area contributed by atoms with E-state index in [2.05, 4.69) is 4.72 Å². The Balaban J connectivity index is 2.10. The molecule has 0 fully saturated rings. The Bertz CT molecular complexity index is 697. The third kappa shape index (κ3) is 4.77.